The maximum absolute atomic E-state index is 13.0. The summed E-state index contributed by atoms with van der Waals surface area (Å²) in [6, 6.07) is 5.44. The fourth-order valence-electron chi connectivity index (χ4n) is 2.23. The molecule has 0 heterocycles. The topological polar surface area (TPSA) is 54.5 Å². The molecule has 2 aromatic rings. The Labute approximate surface area is 168 Å². The number of hydrogen-bond donors (Lipinski definition) is 0. The van der Waals surface area contributed by atoms with Crippen LogP contribution in [0.2, 0.25) is 10.0 Å². The minimum Gasteiger partial charge on any atom is -0.279 e. The Bertz CT molecular complexity index is 980. The molecule has 0 aliphatic heterocycles. The second-order valence-corrected chi connectivity index (χ2v) is 8.41. The normalized spacial score (nSPS) is 13.3. The van der Waals surface area contributed by atoms with E-state index >= 15 is 0 Å². The van der Waals surface area contributed by atoms with Crippen LogP contribution in [0, 0.1) is 0 Å². The molecule has 1 unspecified atom stereocenters. The Morgan fingerprint density at radius 2 is 1.70 bits per heavy atom. The first-order valence-corrected chi connectivity index (χ1v) is 9.79. The van der Waals surface area contributed by atoms with Gasteiger partial charge in [-0.25, -0.2) is 8.42 Å². The molecule has 2 rings (SSSR count). The summed E-state index contributed by atoms with van der Waals surface area (Å²) < 4.78 is 65.6. The van der Waals surface area contributed by atoms with Gasteiger partial charge in [-0.3, -0.25) is 9.10 Å². The van der Waals surface area contributed by atoms with Crippen molar-refractivity contribution in [2.45, 2.75) is 24.0 Å². The van der Waals surface area contributed by atoms with Gasteiger partial charge >= 0.3 is 6.18 Å². The molecule has 146 valence electrons. The number of nitrogens with zero attached hydrogens (tertiary/aromatic N) is 1. The highest BCUT2D eigenvalue weighted by atomic mass is 35.5. The summed E-state index contributed by atoms with van der Waals surface area (Å²) in [7, 11) is -4.48. The molecule has 0 saturated heterocycles. The fourth-order valence-corrected chi connectivity index (χ4v) is 4.39. The number of rotatable bonds is 5. The minimum absolute atomic E-state index is 0.0772. The van der Waals surface area contributed by atoms with Crippen LogP contribution in [0.4, 0.5) is 18.9 Å². The SMILES string of the molecule is CC(C(=O)Cl)N(c1cccc(C(F)(F)F)c1)S(=O)(=O)c1ccc(Cl)c(Cl)c1. The molecule has 0 saturated carbocycles. The van der Waals surface area contributed by atoms with E-state index in [2.05, 4.69) is 0 Å². The van der Waals surface area contributed by atoms with Gasteiger partial charge in [-0.15, -0.1) is 0 Å². The molecule has 2 aromatic carbocycles. The predicted molar refractivity (Wildman–Crippen MR) is 97.9 cm³/mol. The van der Waals surface area contributed by atoms with E-state index in [0.29, 0.717) is 10.4 Å². The average molecular weight is 461 g/mol. The summed E-state index contributed by atoms with van der Waals surface area (Å²) in [5, 5.41) is -1.06. The first-order chi connectivity index (χ1) is 12.4. The average Bonchev–Trinajstić information content (AvgIpc) is 2.56. The van der Waals surface area contributed by atoms with Gasteiger partial charge in [0, 0.05) is 0 Å². The molecule has 27 heavy (non-hydrogen) atoms. The number of hydrogen-bond acceptors (Lipinski definition) is 3. The number of anilines is 1. The van der Waals surface area contributed by atoms with Gasteiger partial charge < -0.3 is 0 Å². The van der Waals surface area contributed by atoms with Crippen LogP contribution in [-0.4, -0.2) is 19.7 Å². The molecule has 0 aromatic heterocycles. The summed E-state index contributed by atoms with van der Waals surface area (Å²) in [6.07, 6.45) is -4.71. The van der Waals surface area contributed by atoms with Gasteiger partial charge in [0.05, 0.1) is 26.2 Å². The van der Waals surface area contributed by atoms with E-state index in [1.807, 2.05) is 0 Å². The first-order valence-electron chi connectivity index (χ1n) is 7.22. The van der Waals surface area contributed by atoms with Crippen LogP contribution in [0.15, 0.2) is 47.4 Å². The van der Waals surface area contributed by atoms with Gasteiger partial charge in [-0.1, -0.05) is 29.3 Å². The van der Waals surface area contributed by atoms with Gasteiger partial charge in [0.1, 0.15) is 6.04 Å². The zero-order valence-corrected chi connectivity index (χ0v) is 16.6. The number of alkyl halides is 3. The highest BCUT2D eigenvalue weighted by Crippen LogP contribution is 2.35. The van der Waals surface area contributed by atoms with Gasteiger partial charge in [0.2, 0.25) is 5.24 Å². The summed E-state index contributed by atoms with van der Waals surface area (Å²) >= 11 is 17.0. The standard InChI is InChI=1S/C16H11Cl3F3NO3S/c1-9(15(19)24)23(11-4-2-3-10(7-11)16(20,21)22)27(25,26)12-5-6-13(17)14(18)8-12/h2-9H,1H3. The third-order valence-corrected chi connectivity index (χ3v) is 6.51. The molecule has 0 aliphatic rings. The summed E-state index contributed by atoms with van der Waals surface area (Å²) in [5.74, 6) is 0. The number of halogens is 6. The lowest BCUT2D eigenvalue weighted by Gasteiger charge is -2.29. The molecule has 1 atom stereocenters. The smallest absolute Gasteiger partial charge is 0.279 e. The van der Waals surface area contributed by atoms with Gasteiger partial charge in [-0.2, -0.15) is 13.2 Å². The van der Waals surface area contributed by atoms with Crippen LogP contribution >= 0.6 is 34.8 Å². The monoisotopic (exact) mass is 459 g/mol. The van der Waals surface area contributed by atoms with E-state index in [1.54, 1.807) is 0 Å². The zero-order chi connectivity index (χ0) is 20.6. The van der Waals surface area contributed by atoms with E-state index in [1.165, 1.54) is 6.07 Å². The third-order valence-electron chi connectivity index (χ3n) is 3.56. The Hall–Kier alpha value is -1.48. The maximum atomic E-state index is 13.0. The van der Waals surface area contributed by atoms with Crippen LogP contribution in [-0.2, 0) is 21.0 Å². The van der Waals surface area contributed by atoms with Crippen molar-refractivity contribution in [1.29, 1.82) is 0 Å². The fraction of sp³-hybridized carbons (Fsp3) is 0.188. The Morgan fingerprint density at radius 3 is 2.22 bits per heavy atom. The molecular weight excluding hydrogens is 450 g/mol. The quantitative estimate of drug-likeness (QED) is 0.564. The predicted octanol–water partition coefficient (Wildman–Crippen LogP) is 5.36. The summed E-state index contributed by atoms with van der Waals surface area (Å²) in [4.78, 5) is 11.3. The Morgan fingerprint density at radius 1 is 1.07 bits per heavy atom. The molecule has 0 spiro atoms. The lowest BCUT2D eigenvalue weighted by atomic mass is 10.2. The summed E-state index contributed by atoms with van der Waals surface area (Å²) in [6.45, 7) is 1.16. The molecule has 0 aliphatic carbocycles. The molecule has 0 radical (unpaired) electrons. The number of carbonyl (C=O) groups is 1. The Kier molecular flexibility index (Phi) is 6.36. The van der Waals surface area contributed by atoms with Gasteiger partial charge in [0.25, 0.3) is 10.0 Å². The van der Waals surface area contributed by atoms with E-state index in [4.69, 9.17) is 34.8 Å². The number of benzene rings is 2. The van der Waals surface area contributed by atoms with Crippen molar-refractivity contribution in [3.05, 3.63) is 58.1 Å². The second-order valence-electron chi connectivity index (χ2n) is 5.40. The van der Waals surface area contributed by atoms with Crippen molar-refractivity contribution < 1.29 is 26.4 Å². The van der Waals surface area contributed by atoms with Crippen molar-refractivity contribution in [2.75, 3.05) is 4.31 Å². The minimum atomic E-state index is -4.71. The van der Waals surface area contributed by atoms with Crippen molar-refractivity contribution in [3.63, 3.8) is 0 Å². The second kappa shape index (κ2) is 7.87. The molecular formula is C16H11Cl3F3NO3S. The number of carbonyl (C=O) groups excluding carboxylic acids is 1. The van der Waals surface area contributed by atoms with Crippen molar-refractivity contribution in [1.82, 2.24) is 0 Å². The van der Waals surface area contributed by atoms with Crippen molar-refractivity contribution in [2.24, 2.45) is 0 Å². The molecule has 4 nitrogen and oxygen atoms in total. The van der Waals surface area contributed by atoms with E-state index in [-0.39, 0.29) is 20.6 Å². The zero-order valence-electron chi connectivity index (χ0n) is 13.5. The van der Waals surface area contributed by atoms with Crippen LogP contribution in [0.25, 0.3) is 0 Å². The van der Waals surface area contributed by atoms with Crippen LogP contribution in [0.5, 0.6) is 0 Å². The third kappa shape index (κ3) is 4.68. The van der Waals surface area contributed by atoms with Gasteiger partial charge in [-0.05, 0) is 54.9 Å². The van der Waals surface area contributed by atoms with E-state index in [9.17, 15) is 26.4 Å². The molecule has 0 N–H and O–H groups in total. The maximum Gasteiger partial charge on any atom is 0.416 e. The van der Waals surface area contributed by atoms with E-state index in [0.717, 1.165) is 37.3 Å². The Balaban J connectivity index is 2.69. The van der Waals surface area contributed by atoms with Crippen LogP contribution in [0.3, 0.4) is 0 Å². The largest absolute Gasteiger partial charge is 0.416 e. The highest BCUT2D eigenvalue weighted by Gasteiger charge is 2.36. The van der Waals surface area contributed by atoms with Gasteiger partial charge in [0.15, 0.2) is 0 Å². The van der Waals surface area contributed by atoms with Crippen LogP contribution < -0.4 is 4.31 Å². The molecule has 0 fully saturated rings. The van der Waals surface area contributed by atoms with Crippen LogP contribution in [0.1, 0.15) is 12.5 Å². The molecule has 0 bridgehead atoms. The first kappa shape index (κ1) is 21.8. The molecule has 0 amide bonds. The van der Waals surface area contributed by atoms with Crippen molar-refractivity contribution in [3.8, 4) is 0 Å². The lowest BCUT2D eigenvalue weighted by molar-refractivity contribution is -0.137. The molecule has 11 heteroatoms. The summed E-state index contributed by atoms with van der Waals surface area (Å²) in [5.41, 5.74) is -1.46. The lowest BCUT2D eigenvalue weighted by Crippen LogP contribution is -2.42. The number of sulfonamides is 1. The van der Waals surface area contributed by atoms with Crippen molar-refractivity contribution >= 4 is 55.8 Å². The highest BCUT2D eigenvalue weighted by molar-refractivity contribution is 7.93. The van der Waals surface area contributed by atoms with E-state index < -0.39 is 33.0 Å².